The topological polar surface area (TPSA) is 0 Å². The summed E-state index contributed by atoms with van der Waals surface area (Å²) in [7, 11) is 1.18. The van der Waals surface area contributed by atoms with Gasteiger partial charge in [-0.1, -0.05) is 0 Å². The molecule has 0 spiro atoms. The molecule has 0 amide bonds. The van der Waals surface area contributed by atoms with Crippen LogP contribution < -0.4 is 0 Å². The molecule has 0 unspecified atom stereocenters. The van der Waals surface area contributed by atoms with Gasteiger partial charge >= 0.3 is 56.7 Å². The van der Waals surface area contributed by atoms with E-state index in [0.717, 1.165) is 0 Å². The van der Waals surface area contributed by atoms with Gasteiger partial charge in [0.2, 0.25) is 0 Å². The molecular formula is BFILiS. The third-order valence-electron chi connectivity index (χ3n) is 0.123. The Labute approximate surface area is 56.3 Å². The van der Waals surface area contributed by atoms with Crippen molar-refractivity contribution < 1.29 is 4.32 Å². The standard InChI is InChI=1S/BFIS.Li/c2-1-4-3;/q+1;-1. The van der Waals surface area contributed by atoms with Crippen LogP contribution in [0.4, 0.5) is 4.32 Å². The minimum absolute atomic E-state index is 0.712. The van der Waals surface area contributed by atoms with Crippen LogP contribution in [0.2, 0.25) is 0 Å². The first-order chi connectivity index (χ1) is 2.27. The van der Waals surface area contributed by atoms with Gasteiger partial charge in [-0.05, 0) is 0 Å². The van der Waals surface area contributed by atoms with Gasteiger partial charge in [0.05, 0.1) is 0 Å². The Kier molecular flexibility index (Phi) is 5.14. The third kappa shape index (κ3) is 5.67. The molecule has 24 valence electrons. The molecule has 0 bridgehead atoms. The molecule has 0 saturated carbocycles. The van der Waals surface area contributed by atoms with E-state index in [-0.39, 0.29) is 0 Å². The van der Waals surface area contributed by atoms with Crippen LogP contribution in [0.5, 0.6) is 0 Å². The van der Waals surface area contributed by atoms with E-state index in [1.54, 1.807) is 0 Å². The van der Waals surface area contributed by atoms with E-state index < -0.39 is 4.84 Å². The Morgan fingerprint density at radius 1 is 2.00 bits per heavy atom. The Morgan fingerprint density at radius 3 is 2.20 bits per heavy atom. The Hall–Kier alpha value is 1.67. The van der Waals surface area contributed by atoms with Crippen molar-refractivity contribution in [3.63, 3.8) is 0 Å². The van der Waals surface area contributed by atoms with Gasteiger partial charge in [-0.15, -0.1) is 0 Å². The van der Waals surface area contributed by atoms with Crippen LogP contribution in [-0.4, -0.2) is 22.4 Å². The van der Waals surface area contributed by atoms with Crippen molar-refractivity contribution in [2.24, 2.45) is 0 Å². The van der Waals surface area contributed by atoms with Crippen LogP contribution in [0.25, 0.3) is 0 Å². The van der Waals surface area contributed by atoms with E-state index in [9.17, 15) is 4.32 Å². The molecule has 0 heterocycles. The summed E-state index contributed by atoms with van der Waals surface area (Å²) in [5.74, 6) is 0. The average molecular weight is 196 g/mol. The molecule has 0 N–H and O–H groups in total. The molecule has 0 radical (unpaired) electrons. The van der Waals surface area contributed by atoms with Gasteiger partial charge in [0.15, 0.2) is 0 Å². The normalized spacial score (nSPS) is 8.00. The SMILES string of the molecule is [Li][B](F)SI. The number of halogens is 2. The molecule has 0 saturated heterocycles. The van der Waals surface area contributed by atoms with Gasteiger partial charge in [-0.3, -0.25) is 0 Å². The molecule has 5 heavy (non-hydrogen) atoms. The number of rotatable bonds is 1. The molecule has 0 aliphatic carbocycles. The van der Waals surface area contributed by atoms with Gasteiger partial charge in [0.25, 0.3) is 0 Å². The quantitative estimate of drug-likeness (QED) is 0.448. The summed E-state index contributed by atoms with van der Waals surface area (Å²) in [6.45, 7) is 0. The first kappa shape index (κ1) is 6.67. The fraction of sp³-hybridized carbons (Fsp3) is 0. The first-order valence-corrected chi connectivity index (χ1v) is 4.61. The molecule has 0 aliphatic rings. The van der Waals surface area contributed by atoms with E-state index in [2.05, 4.69) is 0 Å². The zero-order chi connectivity index (χ0) is 4.28. The second kappa shape index (κ2) is 3.85. The van der Waals surface area contributed by atoms with E-state index in [1.807, 2.05) is 21.2 Å². The van der Waals surface area contributed by atoms with Crippen molar-refractivity contribution in [3.8, 4) is 0 Å². The molecule has 5 heteroatoms. The molecule has 0 aromatic rings. The van der Waals surface area contributed by atoms with Crippen LogP contribution in [0.1, 0.15) is 0 Å². The van der Waals surface area contributed by atoms with Crippen molar-refractivity contribution in [1.82, 2.24) is 0 Å². The fourth-order valence-corrected chi connectivity index (χ4v) is 0. The van der Waals surface area contributed by atoms with Gasteiger partial charge < -0.3 is 0 Å². The molecule has 0 fully saturated rings. The predicted octanol–water partition coefficient (Wildman–Crippen LogP) is 1.19. The van der Waals surface area contributed by atoms with Gasteiger partial charge in [-0.2, -0.15) is 0 Å². The van der Waals surface area contributed by atoms with Crippen molar-refractivity contribution in [1.29, 1.82) is 0 Å². The second-order valence-electron chi connectivity index (χ2n) is 0.632. The van der Waals surface area contributed by atoms with Gasteiger partial charge in [0.1, 0.15) is 0 Å². The van der Waals surface area contributed by atoms with Crippen molar-refractivity contribution in [2.45, 2.75) is 0 Å². The second-order valence-corrected chi connectivity index (χ2v) is 2.99. The van der Waals surface area contributed by atoms with Crippen molar-refractivity contribution in [3.05, 3.63) is 0 Å². The third-order valence-corrected chi connectivity index (χ3v) is 2.47. The summed E-state index contributed by atoms with van der Waals surface area (Å²) < 4.78 is 11.4. The number of hydrogen-bond acceptors (Lipinski definition) is 1. The maximum absolute atomic E-state index is 11.4. The minimum atomic E-state index is -0.712. The molecule has 0 aromatic carbocycles. The van der Waals surface area contributed by atoms with Crippen LogP contribution in [0.15, 0.2) is 0 Å². The zero-order valence-electron chi connectivity index (χ0n) is 2.74. The van der Waals surface area contributed by atoms with E-state index in [4.69, 9.17) is 0 Å². The summed E-state index contributed by atoms with van der Waals surface area (Å²) in [6, 6.07) is 0. The molecule has 0 nitrogen and oxygen atoms in total. The Morgan fingerprint density at radius 2 is 2.20 bits per heavy atom. The van der Waals surface area contributed by atoms with Crippen LogP contribution in [-0.2, 0) is 0 Å². The summed E-state index contributed by atoms with van der Waals surface area (Å²) in [6.07, 6.45) is 0. The first-order valence-electron chi connectivity index (χ1n) is 1.19. The van der Waals surface area contributed by atoms with Crippen molar-refractivity contribution in [2.75, 3.05) is 0 Å². The van der Waals surface area contributed by atoms with Gasteiger partial charge in [-0.25, -0.2) is 0 Å². The van der Waals surface area contributed by atoms with Crippen LogP contribution >= 0.6 is 30.0 Å². The molecule has 0 atom stereocenters. The average Bonchev–Trinajstić information content (AvgIpc) is 1.38. The summed E-state index contributed by atoms with van der Waals surface area (Å²) in [5.41, 5.74) is 0. The fourth-order valence-electron chi connectivity index (χ4n) is 0. The van der Waals surface area contributed by atoms with Crippen molar-refractivity contribution >= 4 is 52.4 Å². The molecular weight excluding hydrogens is 196 g/mol. The zero-order valence-corrected chi connectivity index (χ0v) is 5.72. The summed E-state index contributed by atoms with van der Waals surface area (Å²) in [4.78, 5) is -0.712. The van der Waals surface area contributed by atoms with Crippen LogP contribution in [0, 0.1) is 0 Å². The maximum atomic E-state index is 11.4. The number of hydrogen-bond donors (Lipinski definition) is 0. The predicted molar refractivity (Wildman–Crippen MR) is 34.2 cm³/mol. The Balaban J connectivity index is 2.54. The molecule has 0 aromatic heterocycles. The monoisotopic (exact) mass is 196 g/mol. The van der Waals surface area contributed by atoms with Crippen LogP contribution in [0.3, 0.4) is 0 Å². The van der Waals surface area contributed by atoms with E-state index in [1.165, 1.54) is 26.3 Å². The van der Waals surface area contributed by atoms with Gasteiger partial charge in [0, 0.05) is 0 Å². The summed E-state index contributed by atoms with van der Waals surface area (Å²) >= 11 is 3.43. The van der Waals surface area contributed by atoms with E-state index in [0.29, 0.717) is 0 Å². The van der Waals surface area contributed by atoms with E-state index >= 15 is 0 Å². The Bertz CT molecular complexity index is 25.6. The molecule has 0 aliphatic heterocycles. The summed E-state index contributed by atoms with van der Waals surface area (Å²) in [5, 5.41) is 0. The molecule has 0 rings (SSSR count).